The maximum Gasteiger partial charge on any atom is 0.0166 e. The van der Waals surface area contributed by atoms with Gasteiger partial charge < -0.3 is 5.41 Å². The average molecular weight is 139 g/mol. The summed E-state index contributed by atoms with van der Waals surface area (Å²) in [5, 5.41) is 6.83. The van der Waals surface area contributed by atoms with E-state index in [1.165, 1.54) is 16.0 Å². The van der Waals surface area contributed by atoms with Gasteiger partial charge in [-0.3, -0.25) is 0 Å². The molecule has 0 aliphatic heterocycles. The molecular weight excluding hydrogens is 130 g/mol. The van der Waals surface area contributed by atoms with Crippen LogP contribution in [0.5, 0.6) is 0 Å². The van der Waals surface area contributed by atoms with Crippen molar-refractivity contribution < 1.29 is 0 Å². The number of hydrogen-bond donors (Lipinski definition) is 1. The second kappa shape index (κ2) is 2.78. The first-order valence-electron chi connectivity index (χ1n) is 2.87. The van der Waals surface area contributed by atoms with Crippen molar-refractivity contribution in [1.29, 1.82) is 5.41 Å². The zero-order valence-corrected chi connectivity index (χ0v) is 6.16. The quantitative estimate of drug-likeness (QED) is 0.608. The zero-order valence-electron chi connectivity index (χ0n) is 5.35. The Labute approximate surface area is 58.9 Å². The molecule has 0 atom stereocenters. The van der Waals surface area contributed by atoms with Gasteiger partial charge in [-0.25, -0.2) is 0 Å². The van der Waals surface area contributed by atoms with Crippen molar-refractivity contribution in [3.63, 3.8) is 0 Å². The van der Waals surface area contributed by atoms with E-state index in [9.17, 15) is 0 Å². The minimum Gasteiger partial charge on any atom is -0.313 e. The average Bonchev–Trinajstić information content (AvgIpc) is 2.17. The Balaban J connectivity index is 2.72. The monoisotopic (exact) mass is 139 g/mol. The van der Waals surface area contributed by atoms with Crippen molar-refractivity contribution in [2.24, 2.45) is 0 Å². The van der Waals surface area contributed by atoms with E-state index in [1.54, 1.807) is 11.3 Å². The van der Waals surface area contributed by atoms with Gasteiger partial charge in [0.25, 0.3) is 0 Å². The molecular formula is C7H9NS. The number of hydrogen-bond acceptors (Lipinski definition) is 2. The molecule has 0 aliphatic rings. The van der Waals surface area contributed by atoms with Crippen LogP contribution in [0, 0.1) is 12.3 Å². The van der Waals surface area contributed by atoms with Crippen LogP contribution in [0.2, 0.25) is 0 Å². The SMILES string of the molecule is Cc1ccc(CC=N)s1. The van der Waals surface area contributed by atoms with Gasteiger partial charge >= 0.3 is 0 Å². The highest BCUT2D eigenvalue weighted by atomic mass is 32.1. The van der Waals surface area contributed by atoms with Crippen LogP contribution in [-0.4, -0.2) is 6.21 Å². The third-order valence-electron chi connectivity index (χ3n) is 1.10. The van der Waals surface area contributed by atoms with Crippen molar-refractivity contribution in [1.82, 2.24) is 0 Å². The molecule has 1 aromatic heterocycles. The smallest absolute Gasteiger partial charge is 0.0166 e. The van der Waals surface area contributed by atoms with Gasteiger partial charge in [0.1, 0.15) is 0 Å². The lowest BCUT2D eigenvalue weighted by Gasteiger charge is -1.81. The molecule has 0 aromatic carbocycles. The summed E-state index contributed by atoms with van der Waals surface area (Å²) in [6.45, 7) is 2.08. The van der Waals surface area contributed by atoms with Gasteiger partial charge in [0.2, 0.25) is 0 Å². The molecule has 0 radical (unpaired) electrons. The Morgan fingerprint density at radius 3 is 2.89 bits per heavy atom. The maximum atomic E-state index is 6.83. The summed E-state index contributed by atoms with van der Waals surface area (Å²) >= 11 is 1.76. The second-order valence-corrected chi connectivity index (χ2v) is 3.29. The van der Waals surface area contributed by atoms with Gasteiger partial charge in [-0.2, -0.15) is 0 Å². The fourth-order valence-electron chi connectivity index (χ4n) is 0.695. The molecule has 48 valence electrons. The Bertz CT molecular complexity index is 202. The van der Waals surface area contributed by atoms with Gasteiger partial charge in [-0.05, 0) is 19.1 Å². The maximum absolute atomic E-state index is 6.83. The molecule has 1 rings (SSSR count). The predicted molar refractivity (Wildman–Crippen MR) is 41.5 cm³/mol. The third kappa shape index (κ3) is 1.64. The van der Waals surface area contributed by atoms with E-state index < -0.39 is 0 Å². The largest absolute Gasteiger partial charge is 0.313 e. The molecule has 0 saturated carbocycles. The molecule has 9 heavy (non-hydrogen) atoms. The van der Waals surface area contributed by atoms with Crippen molar-refractivity contribution >= 4 is 17.6 Å². The molecule has 0 spiro atoms. The molecule has 0 unspecified atom stereocenters. The van der Waals surface area contributed by atoms with E-state index in [4.69, 9.17) is 5.41 Å². The molecule has 1 heterocycles. The summed E-state index contributed by atoms with van der Waals surface area (Å²) in [5.74, 6) is 0. The lowest BCUT2D eigenvalue weighted by Crippen LogP contribution is -1.75. The first-order valence-corrected chi connectivity index (χ1v) is 3.69. The number of thiophene rings is 1. The molecule has 0 saturated heterocycles. The summed E-state index contributed by atoms with van der Waals surface area (Å²) in [6, 6.07) is 4.16. The normalized spacial score (nSPS) is 9.44. The lowest BCUT2D eigenvalue weighted by molar-refractivity contribution is 1.40. The highest BCUT2D eigenvalue weighted by Gasteiger charge is 1.91. The fraction of sp³-hybridized carbons (Fsp3) is 0.286. The third-order valence-corrected chi connectivity index (χ3v) is 2.12. The van der Waals surface area contributed by atoms with Crippen LogP contribution in [0.3, 0.4) is 0 Å². The van der Waals surface area contributed by atoms with Crippen LogP contribution >= 0.6 is 11.3 Å². The first kappa shape index (κ1) is 6.49. The summed E-state index contributed by atoms with van der Waals surface area (Å²) in [6.07, 6.45) is 2.23. The summed E-state index contributed by atoms with van der Waals surface area (Å²) in [5.41, 5.74) is 0. The molecule has 0 amide bonds. The number of nitrogens with one attached hydrogen (secondary N) is 1. The predicted octanol–water partition coefficient (Wildman–Crippen LogP) is 2.25. The van der Waals surface area contributed by atoms with E-state index in [-0.39, 0.29) is 0 Å². The second-order valence-electron chi connectivity index (χ2n) is 1.92. The van der Waals surface area contributed by atoms with Gasteiger partial charge in [0, 0.05) is 22.4 Å². The Morgan fingerprint density at radius 2 is 2.44 bits per heavy atom. The van der Waals surface area contributed by atoms with Crippen LogP contribution in [0.25, 0.3) is 0 Å². The molecule has 2 heteroatoms. The van der Waals surface area contributed by atoms with Gasteiger partial charge in [-0.1, -0.05) is 0 Å². The van der Waals surface area contributed by atoms with E-state index in [1.807, 2.05) is 0 Å². The zero-order chi connectivity index (χ0) is 6.69. The van der Waals surface area contributed by atoms with Gasteiger partial charge in [0.05, 0.1) is 0 Å². The topological polar surface area (TPSA) is 23.9 Å². The summed E-state index contributed by atoms with van der Waals surface area (Å²) in [7, 11) is 0. The van der Waals surface area contributed by atoms with Crippen LogP contribution in [-0.2, 0) is 6.42 Å². The minimum atomic E-state index is 0.790. The molecule has 1 N–H and O–H groups in total. The van der Waals surface area contributed by atoms with Crippen molar-refractivity contribution in [3.8, 4) is 0 Å². The Morgan fingerprint density at radius 1 is 1.67 bits per heavy atom. The highest BCUT2D eigenvalue weighted by molar-refractivity contribution is 7.12. The Hall–Kier alpha value is -0.630. The van der Waals surface area contributed by atoms with Crippen LogP contribution in [0.1, 0.15) is 9.75 Å². The highest BCUT2D eigenvalue weighted by Crippen LogP contribution is 2.14. The van der Waals surface area contributed by atoms with E-state index >= 15 is 0 Å². The van der Waals surface area contributed by atoms with Crippen molar-refractivity contribution in [2.75, 3.05) is 0 Å². The fourth-order valence-corrected chi connectivity index (χ4v) is 1.55. The van der Waals surface area contributed by atoms with Crippen molar-refractivity contribution in [2.45, 2.75) is 13.3 Å². The Kier molecular flexibility index (Phi) is 2.01. The summed E-state index contributed by atoms with van der Waals surface area (Å²) < 4.78 is 0. The van der Waals surface area contributed by atoms with E-state index in [2.05, 4.69) is 19.1 Å². The van der Waals surface area contributed by atoms with Crippen LogP contribution in [0.15, 0.2) is 12.1 Å². The molecule has 0 bridgehead atoms. The number of rotatable bonds is 2. The van der Waals surface area contributed by atoms with E-state index in [0.29, 0.717) is 0 Å². The van der Waals surface area contributed by atoms with Crippen molar-refractivity contribution in [3.05, 3.63) is 21.9 Å². The van der Waals surface area contributed by atoms with E-state index in [0.717, 1.165) is 6.42 Å². The molecule has 1 nitrogen and oxygen atoms in total. The van der Waals surface area contributed by atoms with Crippen LogP contribution < -0.4 is 0 Å². The molecule has 0 aliphatic carbocycles. The first-order chi connectivity index (χ1) is 4.33. The number of aryl methyl sites for hydroxylation is 1. The van der Waals surface area contributed by atoms with Gasteiger partial charge in [0.15, 0.2) is 0 Å². The molecule has 1 aromatic rings. The van der Waals surface area contributed by atoms with Gasteiger partial charge in [-0.15, -0.1) is 11.3 Å². The molecule has 0 fully saturated rings. The minimum absolute atomic E-state index is 0.790. The van der Waals surface area contributed by atoms with Crippen LogP contribution in [0.4, 0.5) is 0 Å². The summed E-state index contributed by atoms with van der Waals surface area (Å²) in [4.78, 5) is 2.61. The standard InChI is InChI=1S/C7H9NS/c1-6-2-3-7(9-6)4-5-8/h2-3,5,8H,4H2,1H3. The lowest BCUT2D eigenvalue weighted by atomic mass is 10.4.